The van der Waals surface area contributed by atoms with Crippen LogP contribution in [0.1, 0.15) is 45.0 Å². The van der Waals surface area contributed by atoms with Crippen LogP contribution in [0.15, 0.2) is 24.3 Å². The molecule has 5 nitrogen and oxygen atoms in total. The lowest BCUT2D eigenvalue weighted by Crippen LogP contribution is -2.61. The van der Waals surface area contributed by atoms with Gasteiger partial charge in [0.2, 0.25) is 0 Å². The summed E-state index contributed by atoms with van der Waals surface area (Å²) in [6.45, 7) is 10.6. The molecule has 2 saturated heterocycles. The Labute approximate surface area is 137 Å². The molecule has 0 spiro atoms. The van der Waals surface area contributed by atoms with Gasteiger partial charge in [-0.05, 0) is 52.2 Å². The number of likely N-dealkylation sites (tertiary alicyclic amines) is 1. The van der Waals surface area contributed by atoms with E-state index in [1.54, 1.807) is 24.0 Å². The van der Waals surface area contributed by atoms with E-state index in [0.29, 0.717) is 18.7 Å². The van der Waals surface area contributed by atoms with Crippen molar-refractivity contribution in [3.63, 3.8) is 0 Å². The van der Waals surface area contributed by atoms with Gasteiger partial charge in [0.25, 0.3) is 5.91 Å². The number of β-amino-alcohol motifs (C(OH)–C–C–N with tert-alkyl or cyclic N) is 1. The Hall–Kier alpha value is -1.37. The Kier molecular flexibility index (Phi) is 3.63. The summed E-state index contributed by atoms with van der Waals surface area (Å²) >= 11 is 0. The third kappa shape index (κ3) is 2.91. The molecule has 6 heteroatoms. The lowest BCUT2D eigenvalue weighted by Gasteiger charge is -2.44. The first-order valence-electron chi connectivity index (χ1n) is 7.98. The lowest BCUT2D eigenvalue weighted by molar-refractivity contribution is -0.0668. The van der Waals surface area contributed by atoms with Gasteiger partial charge in [-0.3, -0.25) is 4.79 Å². The van der Waals surface area contributed by atoms with E-state index < -0.39 is 12.7 Å². The highest BCUT2D eigenvalue weighted by Gasteiger charge is 2.51. The molecule has 0 aromatic heterocycles. The highest BCUT2D eigenvalue weighted by Crippen LogP contribution is 2.36. The van der Waals surface area contributed by atoms with Crippen LogP contribution in [0, 0.1) is 0 Å². The van der Waals surface area contributed by atoms with E-state index in [9.17, 15) is 9.90 Å². The van der Waals surface area contributed by atoms with Gasteiger partial charge in [-0.1, -0.05) is 12.1 Å². The topological polar surface area (TPSA) is 59.0 Å². The monoisotopic (exact) mass is 317 g/mol. The highest BCUT2D eigenvalue weighted by molar-refractivity contribution is 6.62. The Morgan fingerprint density at radius 2 is 1.52 bits per heavy atom. The smallest absolute Gasteiger partial charge is 0.399 e. The SMILES string of the molecule is CC1(O)CN(C(=O)c2ccc(B3OC(C)(C)C(C)(C)O3)cc2)C1. The minimum atomic E-state index is -0.752. The third-order valence-corrected chi connectivity index (χ3v) is 5.03. The molecule has 2 heterocycles. The fourth-order valence-corrected chi connectivity index (χ4v) is 2.86. The van der Waals surface area contributed by atoms with Crippen LogP contribution in [0.5, 0.6) is 0 Å². The van der Waals surface area contributed by atoms with Gasteiger partial charge in [-0.25, -0.2) is 0 Å². The maximum Gasteiger partial charge on any atom is 0.494 e. The number of rotatable bonds is 2. The highest BCUT2D eigenvalue weighted by atomic mass is 16.7. The molecule has 1 aromatic rings. The number of hydrogen-bond donors (Lipinski definition) is 1. The summed E-state index contributed by atoms with van der Waals surface area (Å²) in [5.41, 5.74) is -0.000156. The van der Waals surface area contributed by atoms with Crippen LogP contribution >= 0.6 is 0 Å². The van der Waals surface area contributed by atoms with Gasteiger partial charge >= 0.3 is 7.12 Å². The van der Waals surface area contributed by atoms with E-state index >= 15 is 0 Å². The first kappa shape index (κ1) is 16.5. The standard InChI is InChI=1S/C17H24BNO4/c1-15(2)16(3,4)23-18(22-15)13-8-6-12(7-9-13)14(20)19-10-17(5,21)11-19/h6-9,21H,10-11H2,1-5H3. The average Bonchev–Trinajstić information content (AvgIpc) is 2.64. The van der Waals surface area contributed by atoms with Gasteiger partial charge in [0, 0.05) is 5.56 Å². The van der Waals surface area contributed by atoms with Crippen molar-refractivity contribution >= 4 is 18.5 Å². The maximum atomic E-state index is 12.3. The average molecular weight is 317 g/mol. The number of hydrogen-bond acceptors (Lipinski definition) is 4. The van der Waals surface area contributed by atoms with Crippen molar-refractivity contribution in [3.05, 3.63) is 29.8 Å². The molecular formula is C17H24BNO4. The fourth-order valence-electron chi connectivity index (χ4n) is 2.86. The predicted octanol–water partition coefficient (Wildman–Crippen LogP) is 1.19. The predicted molar refractivity (Wildman–Crippen MR) is 88.7 cm³/mol. The molecule has 2 aliphatic heterocycles. The van der Waals surface area contributed by atoms with Crippen molar-refractivity contribution in [2.24, 2.45) is 0 Å². The molecular weight excluding hydrogens is 293 g/mol. The molecule has 2 fully saturated rings. The number of amides is 1. The second kappa shape index (κ2) is 5.06. The Morgan fingerprint density at radius 3 is 1.96 bits per heavy atom. The van der Waals surface area contributed by atoms with Crippen LogP contribution in [-0.2, 0) is 9.31 Å². The van der Waals surface area contributed by atoms with Crippen LogP contribution in [0.3, 0.4) is 0 Å². The zero-order valence-electron chi connectivity index (χ0n) is 14.4. The van der Waals surface area contributed by atoms with Crippen molar-refractivity contribution in [2.45, 2.75) is 51.4 Å². The summed E-state index contributed by atoms with van der Waals surface area (Å²) in [6.07, 6.45) is 0. The fraction of sp³-hybridized carbons (Fsp3) is 0.588. The van der Waals surface area contributed by atoms with Crippen LogP contribution in [-0.4, -0.2) is 52.9 Å². The molecule has 0 unspecified atom stereocenters. The van der Waals surface area contributed by atoms with Crippen LogP contribution < -0.4 is 5.46 Å². The van der Waals surface area contributed by atoms with Gasteiger partial charge in [0.15, 0.2) is 0 Å². The normalized spacial score (nSPS) is 24.4. The van der Waals surface area contributed by atoms with Crippen LogP contribution in [0.4, 0.5) is 0 Å². The molecule has 0 radical (unpaired) electrons. The van der Waals surface area contributed by atoms with Crippen LogP contribution in [0.2, 0.25) is 0 Å². The minimum absolute atomic E-state index is 0.0583. The Bertz CT molecular complexity index is 600. The molecule has 23 heavy (non-hydrogen) atoms. The van der Waals surface area contributed by atoms with Gasteiger partial charge in [0.1, 0.15) is 0 Å². The van der Waals surface area contributed by atoms with Crippen molar-refractivity contribution in [1.29, 1.82) is 0 Å². The van der Waals surface area contributed by atoms with Gasteiger partial charge in [0.05, 0.1) is 29.9 Å². The second-order valence-corrected chi connectivity index (χ2v) is 7.87. The molecule has 1 aromatic carbocycles. The van der Waals surface area contributed by atoms with Crippen LogP contribution in [0.25, 0.3) is 0 Å². The lowest BCUT2D eigenvalue weighted by atomic mass is 9.79. The molecule has 0 atom stereocenters. The van der Waals surface area contributed by atoms with E-state index in [1.807, 2.05) is 39.8 Å². The Balaban J connectivity index is 1.70. The van der Waals surface area contributed by atoms with Crippen molar-refractivity contribution in [3.8, 4) is 0 Å². The van der Waals surface area contributed by atoms with E-state index in [-0.39, 0.29) is 17.1 Å². The zero-order valence-corrected chi connectivity index (χ0v) is 14.4. The summed E-state index contributed by atoms with van der Waals surface area (Å²) in [4.78, 5) is 13.9. The van der Waals surface area contributed by atoms with E-state index in [0.717, 1.165) is 5.46 Å². The molecule has 0 saturated carbocycles. The second-order valence-electron chi connectivity index (χ2n) is 7.87. The molecule has 2 aliphatic rings. The van der Waals surface area contributed by atoms with Gasteiger partial charge in [-0.15, -0.1) is 0 Å². The third-order valence-electron chi connectivity index (χ3n) is 5.03. The van der Waals surface area contributed by atoms with E-state index in [2.05, 4.69) is 0 Å². The van der Waals surface area contributed by atoms with Gasteiger partial charge < -0.3 is 19.3 Å². The Morgan fingerprint density at radius 1 is 1.04 bits per heavy atom. The molecule has 0 bridgehead atoms. The molecule has 1 N–H and O–H groups in total. The molecule has 0 aliphatic carbocycles. The number of aliphatic hydroxyl groups is 1. The maximum absolute atomic E-state index is 12.3. The summed E-state index contributed by atoms with van der Waals surface area (Å²) in [7, 11) is -0.422. The number of carbonyl (C=O) groups is 1. The van der Waals surface area contributed by atoms with Gasteiger partial charge in [-0.2, -0.15) is 0 Å². The molecule has 124 valence electrons. The quantitative estimate of drug-likeness (QED) is 0.833. The molecule has 3 rings (SSSR count). The summed E-state index contributed by atoms with van der Waals surface area (Å²) < 4.78 is 12.0. The zero-order chi connectivity index (χ0) is 17.0. The van der Waals surface area contributed by atoms with E-state index in [1.165, 1.54) is 0 Å². The van der Waals surface area contributed by atoms with Crippen molar-refractivity contribution < 1.29 is 19.2 Å². The van der Waals surface area contributed by atoms with Crippen molar-refractivity contribution in [2.75, 3.05) is 13.1 Å². The summed E-state index contributed by atoms with van der Waals surface area (Å²) in [6, 6.07) is 7.31. The number of benzene rings is 1. The number of nitrogens with zero attached hydrogens (tertiary/aromatic N) is 1. The molecule has 1 amide bonds. The minimum Gasteiger partial charge on any atom is -0.399 e. The first-order valence-corrected chi connectivity index (χ1v) is 7.98. The largest absolute Gasteiger partial charge is 0.494 e. The van der Waals surface area contributed by atoms with Crippen molar-refractivity contribution in [1.82, 2.24) is 4.90 Å². The summed E-state index contributed by atoms with van der Waals surface area (Å²) in [5.74, 6) is -0.0583. The first-order chi connectivity index (χ1) is 10.5. The summed E-state index contributed by atoms with van der Waals surface area (Å²) in [5, 5.41) is 9.74. The van der Waals surface area contributed by atoms with E-state index in [4.69, 9.17) is 9.31 Å². The number of carbonyl (C=O) groups excluding carboxylic acids is 1.